The van der Waals surface area contributed by atoms with Gasteiger partial charge in [0.15, 0.2) is 11.5 Å². The number of nitrogen functional groups attached to an aromatic ring is 1. The van der Waals surface area contributed by atoms with Crippen molar-refractivity contribution < 1.29 is 18.3 Å². The van der Waals surface area contributed by atoms with E-state index in [2.05, 4.69) is 14.7 Å². The van der Waals surface area contributed by atoms with E-state index in [1.54, 1.807) is 0 Å². The van der Waals surface area contributed by atoms with Crippen molar-refractivity contribution in [2.75, 3.05) is 12.8 Å². The van der Waals surface area contributed by atoms with Crippen molar-refractivity contribution in [2.45, 2.75) is 6.92 Å². The Morgan fingerprint density at radius 3 is 2.57 bits per heavy atom. The molecule has 0 bridgehead atoms. The monoisotopic (exact) mass is 313 g/mol. The van der Waals surface area contributed by atoms with Crippen molar-refractivity contribution in [1.29, 1.82) is 0 Å². The first kappa shape index (κ1) is 15.1. The second-order valence-electron chi connectivity index (χ2n) is 4.17. The lowest BCUT2D eigenvalue weighted by atomic mass is 10.1. The van der Waals surface area contributed by atoms with Gasteiger partial charge in [0.1, 0.15) is 22.5 Å². The van der Waals surface area contributed by atoms with E-state index in [9.17, 15) is 13.6 Å². The molecule has 0 atom stereocenters. The molecule has 110 valence electrons. The van der Waals surface area contributed by atoms with Crippen molar-refractivity contribution >= 4 is 23.4 Å². The summed E-state index contributed by atoms with van der Waals surface area (Å²) < 4.78 is 32.0. The van der Waals surface area contributed by atoms with Crippen LogP contribution in [-0.4, -0.2) is 23.0 Å². The van der Waals surface area contributed by atoms with E-state index in [4.69, 9.17) is 17.3 Å². The number of ether oxygens (including phenoxy) is 1. The minimum Gasteiger partial charge on any atom is -0.464 e. The maximum absolute atomic E-state index is 13.9. The number of hydrogen-bond acceptors (Lipinski definition) is 5. The minimum absolute atomic E-state index is 0.131. The van der Waals surface area contributed by atoms with Gasteiger partial charge in [-0.25, -0.2) is 23.5 Å². The molecule has 21 heavy (non-hydrogen) atoms. The molecule has 0 spiro atoms. The summed E-state index contributed by atoms with van der Waals surface area (Å²) in [5.41, 5.74) is 5.15. The van der Waals surface area contributed by atoms with Gasteiger partial charge in [0.2, 0.25) is 0 Å². The predicted molar refractivity (Wildman–Crippen MR) is 72.9 cm³/mol. The molecule has 1 aromatic heterocycles. The highest BCUT2D eigenvalue weighted by molar-refractivity contribution is 6.35. The van der Waals surface area contributed by atoms with Gasteiger partial charge in [-0.15, -0.1) is 0 Å². The molecule has 0 unspecified atom stereocenters. The van der Waals surface area contributed by atoms with Crippen LogP contribution in [0, 0.1) is 18.6 Å². The van der Waals surface area contributed by atoms with Gasteiger partial charge in [0.25, 0.3) is 0 Å². The predicted octanol–water partition coefficient (Wildman–Crippen LogP) is 2.75. The number of halogens is 3. The Morgan fingerprint density at radius 2 is 1.95 bits per heavy atom. The van der Waals surface area contributed by atoms with Crippen molar-refractivity contribution in [3.63, 3.8) is 0 Å². The molecule has 2 N–H and O–H groups in total. The number of methoxy groups -OCH3 is 1. The van der Waals surface area contributed by atoms with Crippen LogP contribution < -0.4 is 5.73 Å². The fraction of sp³-hybridized carbons (Fsp3) is 0.154. The topological polar surface area (TPSA) is 78.1 Å². The number of aromatic nitrogens is 2. The first-order valence-corrected chi connectivity index (χ1v) is 6.10. The number of rotatable bonds is 2. The number of benzene rings is 1. The second kappa shape index (κ2) is 5.61. The molecular weight excluding hydrogens is 304 g/mol. The summed E-state index contributed by atoms with van der Waals surface area (Å²) in [6.45, 7) is 1.42. The summed E-state index contributed by atoms with van der Waals surface area (Å²) in [7, 11) is 1.13. The Labute approximate surface area is 123 Å². The SMILES string of the molecule is COC(=O)c1nc(-c2cc(F)c(C)cc2F)nc(N)c1Cl. The average molecular weight is 314 g/mol. The van der Waals surface area contributed by atoms with E-state index in [-0.39, 0.29) is 33.5 Å². The second-order valence-corrected chi connectivity index (χ2v) is 4.55. The van der Waals surface area contributed by atoms with E-state index in [0.717, 1.165) is 19.2 Å². The molecule has 0 saturated carbocycles. The third-order valence-electron chi connectivity index (χ3n) is 2.74. The highest BCUT2D eigenvalue weighted by atomic mass is 35.5. The van der Waals surface area contributed by atoms with Crippen LogP contribution >= 0.6 is 11.6 Å². The van der Waals surface area contributed by atoms with Crippen LogP contribution in [0.4, 0.5) is 14.6 Å². The maximum atomic E-state index is 13.9. The molecule has 0 radical (unpaired) electrons. The number of esters is 1. The van der Waals surface area contributed by atoms with E-state index in [0.29, 0.717) is 0 Å². The molecule has 0 aliphatic carbocycles. The lowest BCUT2D eigenvalue weighted by molar-refractivity contribution is 0.0594. The summed E-state index contributed by atoms with van der Waals surface area (Å²) in [5, 5.41) is -0.210. The summed E-state index contributed by atoms with van der Waals surface area (Å²) in [5.74, 6) is -2.73. The quantitative estimate of drug-likeness (QED) is 0.863. The standard InChI is InChI=1S/C13H10ClF2N3O2/c1-5-3-8(16)6(4-7(5)15)12-18-10(13(20)21-2)9(14)11(17)19-12/h3-4H,1-2H3,(H2,17,18,19). The molecule has 0 amide bonds. The van der Waals surface area contributed by atoms with E-state index >= 15 is 0 Å². The van der Waals surface area contributed by atoms with Gasteiger partial charge in [-0.2, -0.15) is 0 Å². The molecule has 5 nitrogen and oxygen atoms in total. The van der Waals surface area contributed by atoms with Gasteiger partial charge in [-0.3, -0.25) is 0 Å². The van der Waals surface area contributed by atoms with Gasteiger partial charge < -0.3 is 10.5 Å². The van der Waals surface area contributed by atoms with Crippen molar-refractivity contribution in [1.82, 2.24) is 9.97 Å². The van der Waals surface area contributed by atoms with Crippen LogP contribution in [0.3, 0.4) is 0 Å². The molecular formula is C13H10ClF2N3O2. The average Bonchev–Trinajstić information content (AvgIpc) is 2.45. The van der Waals surface area contributed by atoms with Crippen LogP contribution in [0.1, 0.15) is 16.1 Å². The van der Waals surface area contributed by atoms with Gasteiger partial charge in [0.05, 0.1) is 12.7 Å². The van der Waals surface area contributed by atoms with Crippen LogP contribution in [0.5, 0.6) is 0 Å². The molecule has 0 aliphatic rings. The summed E-state index contributed by atoms with van der Waals surface area (Å²) in [4.78, 5) is 19.1. The number of anilines is 1. The number of nitrogens with two attached hydrogens (primary N) is 1. The summed E-state index contributed by atoms with van der Waals surface area (Å²) >= 11 is 5.80. The molecule has 0 aliphatic heterocycles. The van der Waals surface area contributed by atoms with E-state index in [1.165, 1.54) is 6.92 Å². The van der Waals surface area contributed by atoms with Gasteiger partial charge in [0, 0.05) is 0 Å². The number of hydrogen-bond donors (Lipinski definition) is 1. The highest BCUT2D eigenvalue weighted by Crippen LogP contribution is 2.28. The molecule has 1 heterocycles. The van der Waals surface area contributed by atoms with Crippen molar-refractivity contribution in [3.8, 4) is 11.4 Å². The third kappa shape index (κ3) is 2.78. The third-order valence-corrected chi connectivity index (χ3v) is 3.12. The summed E-state index contributed by atoms with van der Waals surface area (Å²) in [6, 6.07) is 1.92. The molecule has 8 heteroatoms. The van der Waals surface area contributed by atoms with E-state index < -0.39 is 17.6 Å². The zero-order valence-corrected chi connectivity index (χ0v) is 11.8. The minimum atomic E-state index is -0.858. The van der Waals surface area contributed by atoms with Crippen LogP contribution in [0.25, 0.3) is 11.4 Å². The van der Waals surface area contributed by atoms with Gasteiger partial charge in [-0.05, 0) is 24.6 Å². The van der Waals surface area contributed by atoms with Crippen LogP contribution in [0.15, 0.2) is 12.1 Å². The molecule has 0 fully saturated rings. The fourth-order valence-corrected chi connectivity index (χ4v) is 1.80. The van der Waals surface area contributed by atoms with Crippen molar-refractivity contribution in [2.24, 2.45) is 0 Å². The van der Waals surface area contributed by atoms with E-state index in [1.807, 2.05) is 0 Å². The number of aryl methyl sites for hydroxylation is 1. The van der Waals surface area contributed by atoms with Gasteiger partial charge in [-0.1, -0.05) is 11.6 Å². The van der Waals surface area contributed by atoms with Gasteiger partial charge >= 0.3 is 5.97 Å². The Hall–Kier alpha value is -2.28. The lowest BCUT2D eigenvalue weighted by Crippen LogP contribution is -2.10. The highest BCUT2D eigenvalue weighted by Gasteiger charge is 2.21. The normalized spacial score (nSPS) is 10.5. The van der Waals surface area contributed by atoms with Crippen LogP contribution in [0.2, 0.25) is 5.02 Å². The lowest BCUT2D eigenvalue weighted by Gasteiger charge is -2.09. The zero-order valence-electron chi connectivity index (χ0n) is 11.1. The first-order chi connectivity index (χ1) is 9.85. The number of carbonyl (C=O) groups excluding carboxylic acids is 1. The molecule has 2 rings (SSSR count). The molecule has 1 aromatic carbocycles. The molecule has 0 saturated heterocycles. The maximum Gasteiger partial charge on any atom is 0.358 e. The smallest absolute Gasteiger partial charge is 0.358 e. The summed E-state index contributed by atoms with van der Waals surface area (Å²) in [6.07, 6.45) is 0. The number of carbonyl (C=O) groups is 1. The van der Waals surface area contributed by atoms with Crippen LogP contribution in [-0.2, 0) is 4.74 Å². The Bertz CT molecular complexity index is 738. The number of nitrogens with zero attached hydrogens (tertiary/aromatic N) is 2. The largest absolute Gasteiger partial charge is 0.464 e. The zero-order chi connectivity index (χ0) is 15.7. The van der Waals surface area contributed by atoms with Crippen molar-refractivity contribution in [3.05, 3.63) is 40.0 Å². The Balaban J connectivity index is 2.68. The fourth-order valence-electron chi connectivity index (χ4n) is 1.63. The molecule has 2 aromatic rings. The Kier molecular flexibility index (Phi) is 4.04. The Morgan fingerprint density at radius 1 is 1.29 bits per heavy atom. The first-order valence-electron chi connectivity index (χ1n) is 5.72.